The molecule has 0 bridgehead atoms. The minimum absolute atomic E-state index is 0.0410. The lowest BCUT2D eigenvalue weighted by Crippen LogP contribution is -2.43. The monoisotopic (exact) mass is 282 g/mol. The maximum absolute atomic E-state index is 11.8. The number of hydrogen-bond donors (Lipinski definition) is 3. The highest BCUT2D eigenvalue weighted by Crippen LogP contribution is 2.18. The smallest absolute Gasteiger partial charge is 0.340 e. The fraction of sp³-hybridized carbons (Fsp3) is 0.429. The number of hydrogen-bond acceptors (Lipinski definition) is 5. The first kappa shape index (κ1) is 16.1. The van der Waals surface area contributed by atoms with Gasteiger partial charge in [0, 0.05) is 6.92 Å². The number of aliphatic hydroxyl groups excluding tert-OH is 1. The summed E-state index contributed by atoms with van der Waals surface area (Å²) in [6.07, 6.45) is -0.268. The number of carboxylic acids is 1. The van der Waals surface area contributed by atoms with Crippen molar-refractivity contribution in [3.05, 3.63) is 35.4 Å². The zero-order chi connectivity index (χ0) is 15.3. The molecule has 1 aromatic rings. The van der Waals surface area contributed by atoms with E-state index < -0.39 is 23.8 Å². The van der Waals surface area contributed by atoms with Gasteiger partial charge in [0.2, 0.25) is 5.79 Å². The molecular formula is C14H18O6. The minimum atomic E-state index is -1.99. The van der Waals surface area contributed by atoms with E-state index in [1.807, 2.05) is 6.92 Å². The van der Waals surface area contributed by atoms with E-state index in [1.165, 1.54) is 31.2 Å². The molecule has 0 aliphatic heterocycles. The number of carbonyl (C=O) groups is 2. The van der Waals surface area contributed by atoms with Crippen LogP contribution in [0.5, 0.6) is 0 Å². The van der Waals surface area contributed by atoms with Crippen LogP contribution in [0.3, 0.4) is 0 Å². The maximum Gasteiger partial charge on any atom is 0.340 e. The van der Waals surface area contributed by atoms with Crippen LogP contribution in [0.4, 0.5) is 0 Å². The third-order valence-electron chi connectivity index (χ3n) is 2.85. The average molecular weight is 282 g/mol. The molecule has 0 amide bonds. The molecule has 0 saturated heterocycles. The van der Waals surface area contributed by atoms with Crippen molar-refractivity contribution >= 4 is 11.9 Å². The predicted molar refractivity (Wildman–Crippen MR) is 70.4 cm³/mol. The molecule has 0 aromatic heterocycles. The van der Waals surface area contributed by atoms with Crippen LogP contribution in [-0.4, -0.2) is 39.1 Å². The van der Waals surface area contributed by atoms with Crippen LogP contribution in [0.25, 0.3) is 0 Å². The van der Waals surface area contributed by atoms with Crippen LogP contribution >= 0.6 is 0 Å². The summed E-state index contributed by atoms with van der Waals surface area (Å²) < 4.78 is 4.86. The van der Waals surface area contributed by atoms with Crippen molar-refractivity contribution in [2.24, 2.45) is 0 Å². The number of rotatable bonds is 6. The van der Waals surface area contributed by atoms with E-state index in [9.17, 15) is 19.8 Å². The fourth-order valence-corrected chi connectivity index (χ4v) is 1.60. The summed E-state index contributed by atoms with van der Waals surface area (Å²) in [6, 6.07) is 5.09. The van der Waals surface area contributed by atoms with Crippen LogP contribution in [0.1, 0.15) is 47.4 Å². The summed E-state index contributed by atoms with van der Waals surface area (Å²) >= 11 is 0. The van der Waals surface area contributed by atoms with Crippen LogP contribution in [0.15, 0.2) is 24.3 Å². The minimum Gasteiger partial charge on any atom is -0.478 e. The number of carboxylic acid groups (broad SMARTS) is 1. The van der Waals surface area contributed by atoms with E-state index in [1.54, 1.807) is 0 Å². The Labute approximate surface area is 116 Å². The summed E-state index contributed by atoms with van der Waals surface area (Å²) in [5, 5.41) is 28.3. The van der Waals surface area contributed by atoms with Crippen molar-refractivity contribution in [2.45, 2.75) is 38.6 Å². The van der Waals surface area contributed by atoms with Gasteiger partial charge in [-0.05, 0) is 30.7 Å². The Morgan fingerprint density at radius 2 is 1.75 bits per heavy atom. The number of aliphatic hydroxyl groups is 2. The molecule has 6 nitrogen and oxygen atoms in total. The molecule has 0 heterocycles. The first-order valence-electron chi connectivity index (χ1n) is 6.25. The molecule has 1 rings (SSSR count). The van der Waals surface area contributed by atoms with Gasteiger partial charge in [0.1, 0.15) is 6.10 Å². The Balaban J connectivity index is 2.77. The lowest BCUT2D eigenvalue weighted by Gasteiger charge is -2.28. The SMILES string of the molecule is CCCC(O)C(C)(O)OC(=O)c1ccc(C(=O)O)cc1. The number of ether oxygens (including phenoxy) is 1. The summed E-state index contributed by atoms with van der Waals surface area (Å²) in [5.74, 6) is -3.92. The third-order valence-corrected chi connectivity index (χ3v) is 2.85. The quantitative estimate of drug-likeness (QED) is 0.538. The van der Waals surface area contributed by atoms with Crippen LogP contribution < -0.4 is 0 Å². The second kappa shape index (κ2) is 6.49. The van der Waals surface area contributed by atoms with E-state index in [0.717, 1.165) is 0 Å². The van der Waals surface area contributed by atoms with Crippen LogP contribution in [0, 0.1) is 0 Å². The summed E-state index contributed by atoms with van der Waals surface area (Å²) in [5.41, 5.74) is 0.137. The first-order chi connectivity index (χ1) is 9.27. The number of carbonyl (C=O) groups excluding carboxylic acids is 1. The van der Waals surface area contributed by atoms with E-state index in [-0.39, 0.29) is 17.5 Å². The third kappa shape index (κ3) is 4.04. The predicted octanol–water partition coefficient (Wildman–Crippen LogP) is 1.41. The second-order valence-corrected chi connectivity index (χ2v) is 4.63. The van der Waals surface area contributed by atoms with Crippen molar-refractivity contribution in [2.75, 3.05) is 0 Å². The van der Waals surface area contributed by atoms with Crippen molar-refractivity contribution in [1.29, 1.82) is 0 Å². The van der Waals surface area contributed by atoms with E-state index in [0.29, 0.717) is 6.42 Å². The fourth-order valence-electron chi connectivity index (χ4n) is 1.60. The molecule has 110 valence electrons. The Hall–Kier alpha value is -1.92. The van der Waals surface area contributed by atoms with E-state index in [2.05, 4.69) is 0 Å². The van der Waals surface area contributed by atoms with Gasteiger partial charge in [-0.15, -0.1) is 0 Å². The Bertz CT molecular complexity index is 477. The Morgan fingerprint density at radius 3 is 2.20 bits per heavy atom. The van der Waals surface area contributed by atoms with Crippen molar-refractivity contribution in [3.63, 3.8) is 0 Å². The largest absolute Gasteiger partial charge is 0.478 e. The van der Waals surface area contributed by atoms with Gasteiger partial charge in [0.05, 0.1) is 11.1 Å². The maximum atomic E-state index is 11.8. The lowest BCUT2D eigenvalue weighted by atomic mass is 10.1. The van der Waals surface area contributed by atoms with E-state index >= 15 is 0 Å². The standard InChI is InChI=1S/C14H18O6/c1-3-4-11(15)14(2,19)20-13(18)10-7-5-9(6-8-10)12(16)17/h5-8,11,15,19H,3-4H2,1-2H3,(H,16,17). The molecule has 2 atom stereocenters. The average Bonchev–Trinajstić information content (AvgIpc) is 2.38. The Kier molecular flexibility index (Phi) is 5.24. The molecule has 0 fully saturated rings. The van der Waals surface area contributed by atoms with E-state index in [4.69, 9.17) is 9.84 Å². The summed E-state index contributed by atoms with van der Waals surface area (Å²) in [6.45, 7) is 3.03. The topological polar surface area (TPSA) is 104 Å². The molecule has 6 heteroatoms. The second-order valence-electron chi connectivity index (χ2n) is 4.63. The lowest BCUT2D eigenvalue weighted by molar-refractivity contribution is -0.213. The van der Waals surface area contributed by atoms with Crippen LogP contribution in [-0.2, 0) is 4.74 Å². The molecule has 0 aliphatic rings. The highest BCUT2D eigenvalue weighted by Gasteiger charge is 2.34. The molecule has 20 heavy (non-hydrogen) atoms. The first-order valence-corrected chi connectivity index (χ1v) is 6.25. The van der Waals surface area contributed by atoms with Gasteiger partial charge in [-0.3, -0.25) is 0 Å². The van der Waals surface area contributed by atoms with Gasteiger partial charge in [-0.2, -0.15) is 0 Å². The molecule has 3 N–H and O–H groups in total. The summed E-state index contributed by atoms with van der Waals surface area (Å²) in [4.78, 5) is 22.5. The van der Waals surface area contributed by atoms with Crippen molar-refractivity contribution < 1.29 is 29.6 Å². The normalized spacial score (nSPS) is 15.2. The van der Waals surface area contributed by atoms with Gasteiger partial charge in [-0.25, -0.2) is 9.59 Å². The number of aromatic carboxylic acids is 1. The molecule has 0 aliphatic carbocycles. The number of esters is 1. The zero-order valence-corrected chi connectivity index (χ0v) is 11.4. The van der Waals surface area contributed by atoms with Crippen molar-refractivity contribution in [1.82, 2.24) is 0 Å². The molecule has 1 aromatic carbocycles. The Morgan fingerprint density at radius 1 is 1.25 bits per heavy atom. The molecule has 2 unspecified atom stereocenters. The number of benzene rings is 1. The highest BCUT2D eigenvalue weighted by molar-refractivity contribution is 5.92. The van der Waals surface area contributed by atoms with Gasteiger partial charge in [0.25, 0.3) is 0 Å². The van der Waals surface area contributed by atoms with Gasteiger partial charge < -0.3 is 20.1 Å². The molecule has 0 radical (unpaired) electrons. The molecular weight excluding hydrogens is 264 g/mol. The highest BCUT2D eigenvalue weighted by atomic mass is 16.7. The van der Waals surface area contributed by atoms with Gasteiger partial charge in [-0.1, -0.05) is 13.3 Å². The summed E-state index contributed by atoms with van der Waals surface area (Å²) in [7, 11) is 0. The molecule has 0 saturated carbocycles. The van der Waals surface area contributed by atoms with Gasteiger partial charge in [0.15, 0.2) is 0 Å². The zero-order valence-electron chi connectivity index (χ0n) is 11.4. The van der Waals surface area contributed by atoms with Gasteiger partial charge >= 0.3 is 11.9 Å². The molecule has 0 spiro atoms. The van der Waals surface area contributed by atoms with Crippen molar-refractivity contribution in [3.8, 4) is 0 Å². The van der Waals surface area contributed by atoms with Crippen LogP contribution in [0.2, 0.25) is 0 Å².